The lowest BCUT2D eigenvalue weighted by atomic mass is 10.2. The molecule has 7 nitrogen and oxygen atoms in total. The first-order valence-electron chi connectivity index (χ1n) is 9.91. The molecule has 2 aromatic carbocycles. The molecule has 0 spiro atoms. The number of nitrogen functional groups attached to an aromatic ring is 1. The lowest BCUT2D eigenvalue weighted by Gasteiger charge is -2.31. The van der Waals surface area contributed by atoms with Gasteiger partial charge in [0.15, 0.2) is 5.82 Å². The van der Waals surface area contributed by atoms with Gasteiger partial charge in [0, 0.05) is 36.9 Å². The molecule has 30 heavy (non-hydrogen) atoms. The standard InChI is InChI=1S/C22H23N7S/c1-15(25-17-7-3-5-9-20(17)28-12-10-24-11-13-28)18-14-30-22(26-18)29-19-8-4-2-6-16(19)21(23)27-29/h2-9,14,24-25H,1,10-13H2,(H2,23,27). The summed E-state index contributed by atoms with van der Waals surface area (Å²) in [6.45, 7) is 8.18. The predicted octanol–water partition coefficient (Wildman–Crippen LogP) is 3.56. The molecule has 0 atom stereocenters. The molecular weight excluding hydrogens is 394 g/mol. The third kappa shape index (κ3) is 3.40. The highest BCUT2D eigenvalue weighted by molar-refractivity contribution is 7.12. The summed E-state index contributed by atoms with van der Waals surface area (Å²) in [5, 5.41) is 15.0. The Morgan fingerprint density at radius 2 is 1.87 bits per heavy atom. The highest BCUT2D eigenvalue weighted by atomic mass is 32.1. The normalized spacial score (nSPS) is 14.2. The van der Waals surface area contributed by atoms with Gasteiger partial charge in [-0.1, -0.05) is 30.8 Å². The van der Waals surface area contributed by atoms with E-state index < -0.39 is 0 Å². The minimum Gasteiger partial charge on any atom is -0.382 e. The van der Waals surface area contributed by atoms with Crippen molar-refractivity contribution in [2.75, 3.05) is 42.1 Å². The molecular formula is C22H23N7S. The van der Waals surface area contributed by atoms with Gasteiger partial charge in [0.05, 0.1) is 28.3 Å². The Labute approximate surface area is 178 Å². The van der Waals surface area contributed by atoms with Crippen LogP contribution in [0.3, 0.4) is 0 Å². The number of piperazine rings is 1. The van der Waals surface area contributed by atoms with Gasteiger partial charge in [-0.15, -0.1) is 16.4 Å². The first-order valence-corrected chi connectivity index (χ1v) is 10.8. The number of nitrogens with zero attached hydrogens (tertiary/aromatic N) is 4. The van der Waals surface area contributed by atoms with Crippen LogP contribution >= 0.6 is 11.3 Å². The van der Waals surface area contributed by atoms with Crippen molar-refractivity contribution in [3.8, 4) is 5.13 Å². The van der Waals surface area contributed by atoms with Crippen molar-refractivity contribution in [2.45, 2.75) is 0 Å². The highest BCUT2D eigenvalue weighted by Gasteiger charge is 2.16. The molecule has 0 aliphatic carbocycles. The van der Waals surface area contributed by atoms with Crippen LogP contribution in [-0.4, -0.2) is 40.9 Å². The van der Waals surface area contributed by atoms with E-state index in [4.69, 9.17) is 10.7 Å². The molecule has 0 unspecified atom stereocenters. The second-order valence-electron chi connectivity index (χ2n) is 7.19. The summed E-state index contributed by atoms with van der Waals surface area (Å²) < 4.78 is 1.79. The van der Waals surface area contributed by atoms with Gasteiger partial charge in [-0.2, -0.15) is 0 Å². The monoisotopic (exact) mass is 417 g/mol. The van der Waals surface area contributed by atoms with E-state index in [0.717, 1.165) is 59.3 Å². The molecule has 0 amide bonds. The van der Waals surface area contributed by atoms with Crippen LogP contribution < -0.4 is 21.3 Å². The predicted molar refractivity (Wildman–Crippen MR) is 125 cm³/mol. The molecule has 0 bridgehead atoms. The average Bonchev–Trinajstić information content (AvgIpc) is 3.40. The van der Waals surface area contributed by atoms with Gasteiger partial charge >= 0.3 is 0 Å². The third-order valence-electron chi connectivity index (χ3n) is 5.25. The SMILES string of the molecule is C=C(Nc1ccccc1N1CCNCC1)c1csc(-n2nc(N)c3ccccc32)n1. The molecule has 0 saturated carbocycles. The van der Waals surface area contributed by atoms with Crippen molar-refractivity contribution in [3.63, 3.8) is 0 Å². The zero-order chi connectivity index (χ0) is 20.5. The molecule has 1 saturated heterocycles. The summed E-state index contributed by atoms with van der Waals surface area (Å²) in [6.07, 6.45) is 0. The van der Waals surface area contributed by atoms with Crippen LogP contribution in [0.5, 0.6) is 0 Å². The van der Waals surface area contributed by atoms with Gasteiger partial charge in [0.25, 0.3) is 0 Å². The van der Waals surface area contributed by atoms with E-state index in [1.807, 2.05) is 35.7 Å². The smallest absolute Gasteiger partial charge is 0.211 e. The molecule has 8 heteroatoms. The number of aromatic nitrogens is 3. The Balaban J connectivity index is 1.40. The summed E-state index contributed by atoms with van der Waals surface area (Å²) in [4.78, 5) is 7.15. The van der Waals surface area contributed by atoms with E-state index in [-0.39, 0.29) is 0 Å². The van der Waals surface area contributed by atoms with Gasteiger partial charge in [-0.05, 0) is 24.3 Å². The van der Waals surface area contributed by atoms with Gasteiger partial charge < -0.3 is 21.3 Å². The Bertz CT molecular complexity index is 1200. The van der Waals surface area contributed by atoms with Gasteiger partial charge in [-0.25, -0.2) is 9.67 Å². The molecule has 5 rings (SSSR count). The van der Waals surface area contributed by atoms with E-state index in [1.54, 1.807) is 4.68 Å². The van der Waals surface area contributed by atoms with Crippen LogP contribution in [0, 0.1) is 0 Å². The van der Waals surface area contributed by atoms with E-state index in [0.29, 0.717) is 5.82 Å². The Hall–Kier alpha value is -3.36. The summed E-state index contributed by atoms with van der Waals surface area (Å²) >= 11 is 1.52. The van der Waals surface area contributed by atoms with Crippen LogP contribution in [-0.2, 0) is 0 Å². The van der Waals surface area contributed by atoms with Crippen LogP contribution in [0.2, 0.25) is 0 Å². The molecule has 4 aromatic rings. The number of rotatable bonds is 5. The first kappa shape index (κ1) is 18.7. The van der Waals surface area contributed by atoms with Crippen molar-refractivity contribution in [2.24, 2.45) is 0 Å². The Morgan fingerprint density at radius 3 is 2.73 bits per heavy atom. The maximum Gasteiger partial charge on any atom is 0.211 e. The zero-order valence-electron chi connectivity index (χ0n) is 16.5. The quantitative estimate of drug-likeness (QED) is 0.461. The fourth-order valence-corrected chi connectivity index (χ4v) is 4.53. The molecule has 3 heterocycles. The number of hydrogen-bond donors (Lipinski definition) is 3. The van der Waals surface area contributed by atoms with Gasteiger partial charge in [0.2, 0.25) is 5.13 Å². The second kappa shape index (κ2) is 7.81. The summed E-state index contributed by atoms with van der Waals surface area (Å²) in [5.41, 5.74) is 10.8. The lowest BCUT2D eigenvalue weighted by Crippen LogP contribution is -2.43. The highest BCUT2D eigenvalue weighted by Crippen LogP contribution is 2.30. The maximum atomic E-state index is 6.08. The van der Waals surface area contributed by atoms with Crippen molar-refractivity contribution < 1.29 is 0 Å². The lowest BCUT2D eigenvalue weighted by molar-refractivity contribution is 0.589. The van der Waals surface area contributed by atoms with Crippen LogP contribution in [0.15, 0.2) is 60.5 Å². The molecule has 1 aliphatic rings. The van der Waals surface area contributed by atoms with E-state index in [9.17, 15) is 0 Å². The van der Waals surface area contributed by atoms with Crippen LogP contribution in [0.4, 0.5) is 17.2 Å². The fraction of sp³-hybridized carbons (Fsp3) is 0.182. The second-order valence-corrected chi connectivity index (χ2v) is 8.02. The number of para-hydroxylation sites is 3. The van der Waals surface area contributed by atoms with E-state index >= 15 is 0 Å². The fourth-order valence-electron chi connectivity index (χ4n) is 3.72. The summed E-state index contributed by atoms with van der Waals surface area (Å²) in [6, 6.07) is 16.2. The Morgan fingerprint density at radius 1 is 1.10 bits per heavy atom. The third-order valence-corrected chi connectivity index (χ3v) is 6.06. The molecule has 1 aliphatic heterocycles. The number of nitrogens with one attached hydrogen (secondary N) is 2. The molecule has 0 radical (unpaired) electrons. The minimum absolute atomic E-state index is 0.504. The summed E-state index contributed by atoms with van der Waals surface area (Å²) in [5.74, 6) is 0.504. The topological polar surface area (TPSA) is 84.0 Å². The molecule has 152 valence electrons. The van der Waals surface area contributed by atoms with Crippen LogP contribution in [0.25, 0.3) is 21.7 Å². The number of fused-ring (bicyclic) bond motifs is 1. The van der Waals surface area contributed by atoms with Crippen molar-refractivity contribution in [1.29, 1.82) is 0 Å². The summed E-state index contributed by atoms with van der Waals surface area (Å²) in [7, 11) is 0. The molecule has 4 N–H and O–H groups in total. The Kier molecular flexibility index (Phi) is 4.86. The number of benzene rings is 2. The number of hydrogen-bond acceptors (Lipinski definition) is 7. The van der Waals surface area contributed by atoms with E-state index in [2.05, 4.69) is 45.4 Å². The number of nitrogens with two attached hydrogens (primary N) is 1. The van der Waals surface area contributed by atoms with Gasteiger partial charge in [-0.3, -0.25) is 0 Å². The van der Waals surface area contributed by atoms with Crippen molar-refractivity contribution >= 4 is 45.1 Å². The minimum atomic E-state index is 0.504. The average molecular weight is 418 g/mol. The van der Waals surface area contributed by atoms with Crippen molar-refractivity contribution in [3.05, 3.63) is 66.2 Å². The largest absolute Gasteiger partial charge is 0.382 e. The van der Waals surface area contributed by atoms with E-state index in [1.165, 1.54) is 17.0 Å². The zero-order valence-corrected chi connectivity index (χ0v) is 17.3. The van der Waals surface area contributed by atoms with Crippen molar-refractivity contribution in [1.82, 2.24) is 20.1 Å². The number of anilines is 3. The van der Waals surface area contributed by atoms with Gasteiger partial charge in [0.1, 0.15) is 0 Å². The first-order chi connectivity index (χ1) is 14.7. The maximum absolute atomic E-state index is 6.08. The molecule has 2 aromatic heterocycles. The van der Waals surface area contributed by atoms with Crippen LogP contribution in [0.1, 0.15) is 5.69 Å². The number of thiazole rings is 1. The molecule has 1 fully saturated rings.